The molecule has 3 amide bonds. The lowest BCUT2D eigenvalue weighted by Gasteiger charge is -2.45. The van der Waals surface area contributed by atoms with E-state index in [1.165, 1.54) is 0 Å². The number of thiophene rings is 1. The maximum absolute atomic E-state index is 12.8. The molecule has 1 aliphatic carbocycles. The van der Waals surface area contributed by atoms with Gasteiger partial charge in [0.15, 0.2) is 0 Å². The van der Waals surface area contributed by atoms with Crippen LogP contribution in [0, 0.1) is 5.92 Å². The Bertz CT molecular complexity index is 669. The summed E-state index contributed by atoms with van der Waals surface area (Å²) in [6.07, 6.45) is 4.68. The molecule has 25 heavy (non-hydrogen) atoms. The van der Waals surface area contributed by atoms with Crippen LogP contribution in [0.5, 0.6) is 0 Å². The van der Waals surface area contributed by atoms with Gasteiger partial charge in [0.05, 0.1) is 6.54 Å². The molecule has 1 aromatic heterocycles. The van der Waals surface area contributed by atoms with Gasteiger partial charge in [0.1, 0.15) is 12.1 Å². The number of fused-ring (bicyclic) bond motifs is 1. The fraction of sp³-hybridized carbons (Fsp3) is 0.611. The van der Waals surface area contributed by atoms with Crippen LogP contribution in [0.2, 0.25) is 0 Å². The van der Waals surface area contributed by atoms with Gasteiger partial charge in [0.2, 0.25) is 17.7 Å². The van der Waals surface area contributed by atoms with Gasteiger partial charge < -0.3 is 15.1 Å². The summed E-state index contributed by atoms with van der Waals surface area (Å²) in [4.78, 5) is 42.5. The normalized spacial score (nSPS) is 27.4. The minimum absolute atomic E-state index is 0.0223. The number of carbonyl (C=O) groups is 3. The minimum Gasteiger partial charge on any atom is -0.342 e. The molecule has 6 nitrogen and oxygen atoms in total. The highest BCUT2D eigenvalue weighted by Gasteiger charge is 2.45. The van der Waals surface area contributed by atoms with Crippen molar-refractivity contribution in [2.45, 2.75) is 44.2 Å². The molecular weight excluding hydrogens is 338 g/mol. The Balaban J connectivity index is 1.43. The van der Waals surface area contributed by atoms with Gasteiger partial charge in [0, 0.05) is 30.3 Å². The largest absolute Gasteiger partial charge is 0.342 e. The van der Waals surface area contributed by atoms with E-state index in [-0.39, 0.29) is 23.6 Å². The van der Waals surface area contributed by atoms with Crippen LogP contribution < -0.4 is 5.32 Å². The Hall–Kier alpha value is -1.89. The van der Waals surface area contributed by atoms with Crippen molar-refractivity contribution in [3.05, 3.63) is 22.4 Å². The molecule has 0 radical (unpaired) electrons. The van der Waals surface area contributed by atoms with Crippen LogP contribution in [0.3, 0.4) is 0 Å². The number of nitrogens with one attached hydrogen (secondary N) is 1. The summed E-state index contributed by atoms with van der Waals surface area (Å²) in [5.74, 6) is 0.120. The Kier molecular flexibility index (Phi) is 4.50. The smallest absolute Gasteiger partial charge is 0.246 e. The molecular formula is C18H23N3O3S. The third kappa shape index (κ3) is 3.17. The molecule has 2 saturated heterocycles. The van der Waals surface area contributed by atoms with E-state index >= 15 is 0 Å². The van der Waals surface area contributed by atoms with Gasteiger partial charge in [-0.15, -0.1) is 11.3 Å². The molecule has 1 saturated carbocycles. The van der Waals surface area contributed by atoms with E-state index in [2.05, 4.69) is 5.32 Å². The summed E-state index contributed by atoms with van der Waals surface area (Å²) in [5, 5.41) is 4.84. The summed E-state index contributed by atoms with van der Waals surface area (Å²) < 4.78 is 0. The second-order valence-corrected chi connectivity index (χ2v) is 8.19. The highest BCUT2D eigenvalue weighted by molar-refractivity contribution is 7.09. The number of hydrogen-bond acceptors (Lipinski definition) is 4. The van der Waals surface area contributed by atoms with E-state index in [1.807, 2.05) is 17.5 Å². The fourth-order valence-corrected chi connectivity index (χ4v) is 4.95. The van der Waals surface area contributed by atoms with E-state index in [4.69, 9.17) is 0 Å². The van der Waals surface area contributed by atoms with Crippen LogP contribution in [0.15, 0.2) is 17.5 Å². The summed E-state index contributed by atoms with van der Waals surface area (Å²) in [7, 11) is 0. The van der Waals surface area contributed by atoms with Crippen LogP contribution in [-0.2, 0) is 20.8 Å². The molecule has 2 aliphatic heterocycles. The quantitative estimate of drug-likeness (QED) is 0.874. The molecule has 134 valence electrons. The van der Waals surface area contributed by atoms with E-state index in [1.54, 1.807) is 21.1 Å². The Labute approximate surface area is 151 Å². The lowest BCUT2D eigenvalue weighted by Crippen LogP contribution is -2.70. The highest BCUT2D eigenvalue weighted by Crippen LogP contribution is 2.28. The lowest BCUT2D eigenvalue weighted by atomic mass is 10.00. The predicted octanol–water partition coefficient (Wildman–Crippen LogP) is 1.02. The van der Waals surface area contributed by atoms with Crippen molar-refractivity contribution in [1.29, 1.82) is 0 Å². The molecule has 1 aromatic rings. The maximum atomic E-state index is 12.8. The molecule has 7 heteroatoms. The first-order valence-corrected chi connectivity index (χ1v) is 9.93. The summed E-state index contributed by atoms with van der Waals surface area (Å²) in [6, 6.07) is 2.91. The van der Waals surface area contributed by atoms with E-state index in [9.17, 15) is 14.4 Å². The van der Waals surface area contributed by atoms with Crippen LogP contribution in [0.1, 0.15) is 30.6 Å². The van der Waals surface area contributed by atoms with Crippen LogP contribution in [0.25, 0.3) is 0 Å². The molecule has 0 spiro atoms. The SMILES string of the molecule is O=C1N[C@H](Cc2cccs2)C(=O)N2CCN(C(=O)C3CCCC3)C[C@@H]12. The van der Waals surface area contributed by atoms with Crippen molar-refractivity contribution in [3.63, 3.8) is 0 Å². The van der Waals surface area contributed by atoms with Crippen molar-refractivity contribution in [2.75, 3.05) is 19.6 Å². The van der Waals surface area contributed by atoms with E-state index < -0.39 is 12.1 Å². The van der Waals surface area contributed by atoms with Gasteiger partial charge in [-0.1, -0.05) is 18.9 Å². The fourth-order valence-electron chi connectivity index (χ4n) is 4.20. The Morgan fingerprint density at radius 2 is 2.04 bits per heavy atom. The molecule has 3 fully saturated rings. The van der Waals surface area contributed by atoms with Crippen LogP contribution in [-0.4, -0.2) is 59.2 Å². The standard InChI is InChI=1S/C18H23N3O3S/c22-16-15-11-20(17(23)12-4-1-2-5-12)7-8-21(15)18(24)14(19-16)10-13-6-3-9-25-13/h3,6,9,12,14-15H,1-2,4-5,7-8,10-11H2,(H,19,22)/t14-,15+/m1/s1. The van der Waals surface area contributed by atoms with E-state index in [0.29, 0.717) is 26.1 Å². The summed E-state index contributed by atoms with van der Waals surface area (Å²) >= 11 is 1.59. The second-order valence-electron chi connectivity index (χ2n) is 7.16. The zero-order valence-electron chi connectivity index (χ0n) is 14.1. The van der Waals surface area contributed by atoms with Crippen LogP contribution in [0.4, 0.5) is 0 Å². The summed E-state index contributed by atoms with van der Waals surface area (Å²) in [5.41, 5.74) is 0. The topological polar surface area (TPSA) is 69.7 Å². The molecule has 2 atom stereocenters. The number of amides is 3. The van der Waals surface area contributed by atoms with Gasteiger partial charge >= 0.3 is 0 Å². The second kappa shape index (κ2) is 6.78. The van der Waals surface area contributed by atoms with Gasteiger partial charge in [-0.25, -0.2) is 0 Å². The van der Waals surface area contributed by atoms with Crippen molar-refractivity contribution in [2.24, 2.45) is 5.92 Å². The summed E-state index contributed by atoms with van der Waals surface area (Å²) in [6.45, 7) is 1.32. The van der Waals surface area contributed by atoms with Gasteiger partial charge in [0.25, 0.3) is 0 Å². The van der Waals surface area contributed by atoms with Crippen molar-refractivity contribution < 1.29 is 14.4 Å². The average molecular weight is 361 g/mol. The lowest BCUT2D eigenvalue weighted by molar-refractivity contribution is -0.156. The monoisotopic (exact) mass is 361 g/mol. The first-order valence-electron chi connectivity index (χ1n) is 9.05. The third-order valence-corrected chi connectivity index (χ3v) is 6.48. The third-order valence-electron chi connectivity index (χ3n) is 5.58. The predicted molar refractivity (Wildman–Crippen MR) is 94.0 cm³/mol. The van der Waals surface area contributed by atoms with Gasteiger partial charge in [-0.2, -0.15) is 0 Å². The zero-order valence-corrected chi connectivity index (χ0v) is 15.0. The minimum atomic E-state index is -0.536. The van der Waals surface area contributed by atoms with Gasteiger partial charge in [-0.3, -0.25) is 14.4 Å². The molecule has 0 aromatic carbocycles. The molecule has 0 unspecified atom stereocenters. The molecule has 3 aliphatic rings. The van der Waals surface area contributed by atoms with Crippen molar-refractivity contribution in [3.8, 4) is 0 Å². The molecule has 1 N–H and O–H groups in total. The Morgan fingerprint density at radius 3 is 2.76 bits per heavy atom. The first kappa shape index (κ1) is 16.6. The van der Waals surface area contributed by atoms with Crippen molar-refractivity contribution in [1.82, 2.24) is 15.1 Å². The first-order chi connectivity index (χ1) is 12.1. The zero-order chi connectivity index (χ0) is 17.4. The maximum Gasteiger partial charge on any atom is 0.246 e. The van der Waals surface area contributed by atoms with Crippen LogP contribution >= 0.6 is 11.3 Å². The molecule has 3 heterocycles. The van der Waals surface area contributed by atoms with Gasteiger partial charge in [-0.05, 0) is 24.3 Å². The molecule has 4 rings (SSSR count). The number of rotatable bonds is 3. The number of carbonyl (C=O) groups excluding carboxylic acids is 3. The van der Waals surface area contributed by atoms with E-state index in [0.717, 1.165) is 30.6 Å². The number of nitrogens with zero attached hydrogens (tertiary/aromatic N) is 2. The number of hydrogen-bond donors (Lipinski definition) is 1. The Morgan fingerprint density at radius 1 is 1.24 bits per heavy atom. The highest BCUT2D eigenvalue weighted by atomic mass is 32.1. The average Bonchev–Trinajstić information content (AvgIpc) is 3.32. The van der Waals surface area contributed by atoms with Crippen molar-refractivity contribution >= 4 is 29.1 Å². The number of piperazine rings is 2. The molecule has 0 bridgehead atoms.